The van der Waals surface area contributed by atoms with Gasteiger partial charge in [0, 0.05) is 33.5 Å². The van der Waals surface area contributed by atoms with Gasteiger partial charge in [-0.25, -0.2) is 0 Å². The number of benzene rings is 13. The first-order chi connectivity index (χ1) is 36.7. The van der Waals surface area contributed by atoms with Crippen LogP contribution in [-0.4, -0.2) is 4.57 Å². The number of fused-ring (bicyclic) bond motifs is 7. The highest BCUT2D eigenvalue weighted by Crippen LogP contribution is 2.47. The quantitative estimate of drug-likeness (QED) is 0.131. The second-order valence-electron chi connectivity index (χ2n) is 19.2. The lowest BCUT2D eigenvalue weighted by Crippen LogP contribution is -2.10. The molecule has 0 saturated heterocycles. The zero-order valence-corrected chi connectivity index (χ0v) is 40.6. The van der Waals surface area contributed by atoms with Crippen molar-refractivity contribution in [3.8, 4) is 61.3 Å². The van der Waals surface area contributed by atoms with Gasteiger partial charge in [0.2, 0.25) is 0 Å². The second kappa shape index (κ2) is 18.1. The molecule has 0 aliphatic carbocycles. The molecule has 346 valence electrons. The maximum absolute atomic E-state index is 2.42. The van der Waals surface area contributed by atoms with E-state index in [4.69, 9.17) is 0 Å². The minimum Gasteiger partial charge on any atom is -0.310 e. The molecule has 0 fully saturated rings. The molecule has 1 aromatic heterocycles. The maximum atomic E-state index is 2.42. The van der Waals surface area contributed by atoms with Gasteiger partial charge in [-0.1, -0.05) is 218 Å². The van der Waals surface area contributed by atoms with Crippen molar-refractivity contribution in [2.24, 2.45) is 0 Å². The maximum Gasteiger partial charge on any atom is 0.0547 e. The summed E-state index contributed by atoms with van der Waals surface area (Å²) in [6, 6.07) is 107. The molecule has 0 aliphatic rings. The lowest BCUT2D eigenvalue weighted by atomic mass is 9.84. The van der Waals surface area contributed by atoms with E-state index < -0.39 is 0 Å². The zero-order valence-electron chi connectivity index (χ0n) is 40.6. The first kappa shape index (κ1) is 43.1. The molecule has 13 aromatic carbocycles. The molecule has 0 amide bonds. The van der Waals surface area contributed by atoms with E-state index in [0.717, 1.165) is 39.4 Å². The fourth-order valence-corrected chi connectivity index (χ4v) is 11.6. The Balaban J connectivity index is 0.933. The molecule has 2 nitrogen and oxygen atoms in total. The summed E-state index contributed by atoms with van der Waals surface area (Å²) in [5.74, 6) is 0. The molecular formula is C72H48N2. The standard InChI is InChI=1S/C72H48N2/c1-4-20-51(21-5-1)70-65-32-13-12-31-63(65)64-44-41-57(48-67(64)71(70)52-22-6-2-7-23-52)55-26-17-30-61(47-55)73(60-29-16-25-54(46-60)56-38-37-49-19-10-11-24-53(49)45-56)59-42-39-50(40-43-59)62-34-18-36-69-72(62)66-33-14-15-35-68(66)74(69)58-27-8-3-9-28-58/h1-48H. The van der Waals surface area contributed by atoms with Gasteiger partial charge in [0.15, 0.2) is 0 Å². The van der Waals surface area contributed by atoms with Gasteiger partial charge in [-0.15, -0.1) is 0 Å². The van der Waals surface area contributed by atoms with Gasteiger partial charge in [0.05, 0.1) is 11.0 Å². The molecule has 0 N–H and O–H groups in total. The van der Waals surface area contributed by atoms with Crippen LogP contribution >= 0.6 is 0 Å². The van der Waals surface area contributed by atoms with Gasteiger partial charge in [-0.05, 0) is 161 Å². The Hall–Kier alpha value is -9.76. The zero-order chi connectivity index (χ0) is 49.0. The largest absolute Gasteiger partial charge is 0.310 e. The number of aromatic nitrogens is 1. The minimum atomic E-state index is 1.07. The smallest absolute Gasteiger partial charge is 0.0547 e. The second-order valence-corrected chi connectivity index (χ2v) is 19.2. The fraction of sp³-hybridized carbons (Fsp3) is 0. The molecule has 0 aliphatic heterocycles. The summed E-state index contributed by atoms with van der Waals surface area (Å²) in [5.41, 5.74) is 18.7. The van der Waals surface area contributed by atoms with Crippen LogP contribution in [0.2, 0.25) is 0 Å². The average Bonchev–Trinajstić information content (AvgIpc) is 3.83. The average molecular weight is 941 g/mol. The van der Waals surface area contributed by atoms with Gasteiger partial charge in [-0.3, -0.25) is 0 Å². The summed E-state index contributed by atoms with van der Waals surface area (Å²) in [7, 11) is 0. The summed E-state index contributed by atoms with van der Waals surface area (Å²) >= 11 is 0. The highest BCUT2D eigenvalue weighted by Gasteiger charge is 2.21. The Morgan fingerprint density at radius 3 is 1.43 bits per heavy atom. The Kier molecular flexibility index (Phi) is 10.6. The van der Waals surface area contributed by atoms with E-state index in [-0.39, 0.29) is 0 Å². The van der Waals surface area contributed by atoms with Crippen molar-refractivity contribution in [3.05, 3.63) is 291 Å². The van der Waals surface area contributed by atoms with Crippen molar-refractivity contribution < 1.29 is 0 Å². The lowest BCUT2D eigenvalue weighted by Gasteiger charge is -2.27. The van der Waals surface area contributed by atoms with E-state index in [1.807, 2.05) is 0 Å². The lowest BCUT2D eigenvalue weighted by molar-refractivity contribution is 1.18. The molecule has 14 rings (SSSR count). The van der Waals surface area contributed by atoms with Crippen LogP contribution in [-0.2, 0) is 0 Å². The van der Waals surface area contributed by atoms with Gasteiger partial charge >= 0.3 is 0 Å². The van der Waals surface area contributed by atoms with E-state index in [9.17, 15) is 0 Å². The normalized spacial score (nSPS) is 11.5. The Morgan fingerprint density at radius 1 is 0.243 bits per heavy atom. The Bertz CT molecular complexity index is 4400. The third-order valence-electron chi connectivity index (χ3n) is 14.9. The predicted molar refractivity (Wildman–Crippen MR) is 315 cm³/mol. The van der Waals surface area contributed by atoms with Crippen molar-refractivity contribution >= 4 is 71.2 Å². The molecule has 0 spiro atoms. The first-order valence-corrected chi connectivity index (χ1v) is 25.5. The number of hydrogen-bond donors (Lipinski definition) is 0. The Labute approximate surface area is 430 Å². The molecule has 0 atom stereocenters. The number of nitrogens with zero attached hydrogens (tertiary/aromatic N) is 2. The molecule has 0 unspecified atom stereocenters. The first-order valence-electron chi connectivity index (χ1n) is 25.5. The number of rotatable bonds is 9. The fourth-order valence-electron chi connectivity index (χ4n) is 11.6. The van der Waals surface area contributed by atoms with Crippen LogP contribution in [0.15, 0.2) is 291 Å². The third-order valence-corrected chi connectivity index (χ3v) is 14.9. The monoisotopic (exact) mass is 940 g/mol. The molecule has 0 radical (unpaired) electrons. The van der Waals surface area contributed by atoms with Crippen molar-refractivity contribution in [1.29, 1.82) is 0 Å². The third kappa shape index (κ3) is 7.43. The van der Waals surface area contributed by atoms with Gasteiger partial charge in [0.25, 0.3) is 0 Å². The van der Waals surface area contributed by atoms with Crippen molar-refractivity contribution in [1.82, 2.24) is 4.57 Å². The molecule has 0 bridgehead atoms. The van der Waals surface area contributed by atoms with Gasteiger partial charge in [-0.2, -0.15) is 0 Å². The van der Waals surface area contributed by atoms with E-state index in [2.05, 4.69) is 301 Å². The predicted octanol–water partition coefficient (Wildman–Crippen LogP) is 20.0. The number of hydrogen-bond acceptors (Lipinski definition) is 1. The van der Waals surface area contributed by atoms with Crippen LogP contribution in [0, 0.1) is 0 Å². The van der Waals surface area contributed by atoms with Crippen LogP contribution in [0.1, 0.15) is 0 Å². The topological polar surface area (TPSA) is 8.17 Å². The highest BCUT2D eigenvalue weighted by atomic mass is 15.1. The van der Waals surface area contributed by atoms with Crippen molar-refractivity contribution in [3.63, 3.8) is 0 Å². The van der Waals surface area contributed by atoms with Crippen molar-refractivity contribution in [2.45, 2.75) is 0 Å². The molecule has 1 heterocycles. The van der Waals surface area contributed by atoms with Crippen LogP contribution in [0.3, 0.4) is 0 Å². The van der Waals surface area contributed by atoms with E-state index >= 15 is 0 Å². The van der Waals surface area contributed by atoms with Crippen LogP contribution in [0.25, 0.3) is 115 Å². The number of anilines is 3. The van der Waals surface area contributed by atoms with Crippen LogP contribution in [0.4, 0.5) is 17.1 Å². The molecule has 74 heavy (non-hydrogen) atoms. The molecular weight excluding hydrogens is 893 g/mol. The van der Waals surface area contributed by atoms with E-state index in [0.29, 0.717) is 0 Å². The van der Waals surface area contributed by atoms with Crippen LogP contribution < -0.4 is 4.90 Å². The van der Waals surface area contributed by atoms with Gasteiger partial charge in [0.1, 0.15) is 0 Å². The summed E-state index contributed by atoms with van der Waals surface area (Å²) in [6.07, 6.45) is 0. The molecule has 0 saturated carbocycles. The highest BCUT2D eigenvalue weighted by molar-refractivity contribution is 6.22. The van der Waals surface area contributed by atoms with Gasteiger partial charge < -0.3 is 9.47 Å². The van der Waals surface area contributed by atoms with E-state index in [1.54, 1.807) is 0 Å². The SMILES string of the molecule is c1ccc(-c2c(-c3ccccc3)c3cc(-c4cccc(N(c5ccc(-c6cccc7c6c6ccccc6n7-c6ccccc6)cc5)c5cccc(-c6ccc7ccccc7c6)c5)c4)ccc3c3ccccc23)cc1. The molecule has 14 aromatic rings. The number of para-hydroxylation sites is 2. The summed E-state index contributed by atoms with van der Waals surface area (Å²) in [5, 5.41) is 9.93. The van der Waals surface area contributed by atoms with E-state index in [1.165, 1.54) is 93.1 Å². The van der Waals surface area contributed by atoms with Crippen molar-refractivity contribution in [2.75, 3.05) is 4.90 Å². The Morgan fingerprint density at radius 2 is 0.730 bits per heavy atom. The summed E-state index contributed by atoms with van der Waals surface area (Å²) < 4.78 is 2.39. The summed E-state index contributed by atoms with van der Waals surface area (Å²) in [6.45, 7) is 0. The molecule has 2 heteroatoms. The van der Waals surface area contributed by atoms with Crippen LogP contribution in [0.5, 0.6) is 0 Å². The summed E-state index contributed by atoms with van der Waals surface area (Å²) in [4.78, 5) is 2.41. The minimum absolute atomic E-state index is 1.07.